The zero-order chi connectivity index (χ0) is 19.6. The van der Waals surface area contributed by atoms with E-state index in [9.17, 15) is 18.0 Å². The Morgan fingerprint density at radius 3 is 2.42 bits per heavy atom. The van der Waals surface area contributed by atoms with Gasteiger partial charge >= 0.3 is 6.18 Å². The van der Waals surface area contributed by atoms with Crippen LogP contribution in [0, 0.1) is 20.8 Å². The van der Waals surface area contributed by atoms with E-state index < -0.39 is 28.8 Å². The minimum absolute atomic E-state index is 0.000630. The second kappa shape index (κ2) is 7.58. The number of carbonyl (C=O) groups excluding carboxylic acids is 1. The normalized spacial score (nSPS) is 12.6. The van der Waals surface area contributed by atoms with E-state index in [-0.39, 0.29) is 5.69 Å². The molecule has 2 rings (SSSR count). The van der Waals surface area contributed by atoms with Crippen LogP contribution >= 0.6 is 11.6 Å². The number of carbonyl (C=O) groups is 1. The lowest BCUT2D eigenvalue weighted by atomic mass is 10.1. The van der Waals surface area contributed by atoms with Crippen LogP contribution in [0.25, 0.3) is 0 Å². The molecule has 0 aliphatic heterocycles. The molecule has 2 aromatic rings. The maximum absolute atomic E-state index is 12.9. The zero-order valence-corrected chi connectivity index (χ0v) is 15.5. The summed E-state index contributed by atoms with van der Waals surface area (Å²) in [6.45, 7) is 7.26. The summed E-state index contributed by atoms with van der Waals surface area (Å²) in [7, 11) is 0. The Kier molecular flexibility index (Phi) is 5.86. The first-order valence-electron chi connectivity index (χ1n) is 7.91. The van der Waals surface area contributed by atoms with Crippen molar-refractivity contribution in [3.63, 3.8) is 0 Å². The van der Waals surface area contributed by atoms with Gasteiger partial charge in [-0.05, 0) is 68.7 Å². The first kappa shape index (κ1) is 20.1. The summed E-state index contributed by atoms with van der Waals surface area (Å²) in [5.74, 6) is 0.0104. The monoisotopic (exact) mass is 385 g/mol. The molecule has 140 valence electrons. The van der Waals surface area contributed by atoms with Crippen molar-refractivity contribution in [2.24, 2.45) is 0 Å². The van der Waals surface area contributed by atoms with Gasteiger partial charge in [0.15, 0.2) is 6.10 Å². The largest absolute Gasteiger partial charge is 0.481 e. The summed E-state index contributed by atoms with van der Waals surface area (Å²) in [6, 6.07) is 7.02. The van der Waals surface area contributed by atoms with Gasteiger partial charge in [0.05, 0.1) is 10.6 Å². The van der Waals surface area contributed by atoms with E-state index in [1.54, 1.807) is 0 Å². The molecule has 1 atom stereocenters. The first-order chi connectivity index (χ1) is 12.0. The number of hydrogen-bond acceptors (Lipinski definition) is 2. The molecule has 0 bridgehead atoms. The fraction of sp³-hybridized carbons (Fsp3) is 0.316. The Morgan fingerprint density at radius 2 is 1.81 bits per heavy atom. The molecule has 0 heterocycles. The molecular weight excluding hydrogens is 367 g/mol. The van der Waals surface area contributed by atoms with E-state index >= 15 is 0 Å². The maximum Gasteiger partial charge on any atom is 0.417 e. The molecule has 0 saturated carbocycles. The third-order valence-corrected chi connectivity index (χ3v) is 4.31. The highest BCUT2D eigenvalue weighted by Crippen LogP contribution is 2.36. The van der Waals surface area contributed by atoms with Gasteiger partial charge in [0, 0.05) is 5.69 Å². The quantitative estimate of drug-likeness (QED) is 0.734. The average molecular weight is 386 g/mol. The molecule has 26 heavy (non-hydrogen) atoms. The number of halogens is 4. The van der Waals surface area contributed by atoms with Crippen molar-refractivity contribution in [1.29, 1.82) is 0 Å². The minimum Gasteiger partial charge on any atom is -0.481 e. The number of ether oxygens (including phenoxy) is 1. The number of amides is 1. The van der Waals surface area contributed by atoms with Crippen LogP contribution in [0.1, 0.15) is 29.2 Å². The van der Waals surface area contributed by atoms with E-state index in [4.69, 9.17) is 16.3 Å². The van der Waals surface area contributed by atoms with Crippen LogP contribution in [0.2, 0.25) is 5.02 Å². The zero-order valence-electron chi connectivity index (χ0n) is 14.8. The summed E-state index contributed by atoms with van der Waals surface area (Å²) in [5, 5.41) is 2.00. The van der Waals surface area contributed by atoms with Crippen LogP contribution in [0.15, 0.2) is 30.3 Å². The molecule has 1 unspecified atom stereocenters. The molecule has 3 nitrogen and oxygen atoms in total. The van der Waals surface area contributed by atoms with Gasteiger partial charge in [0.2, 0.25) is 0 Å². The van der Waals surface area contributed by atoms with E-state index in [0.29, 0.717) is 5.75 Å². The minimum atomic E-state index is -4.60. The lowest BCUT2D eigenvalue weighted by Crippen LogP contribution is -2.30. The van der Waals surface area contributed by atoms with Gasteiger partial charge in [-0.25, -0.2) is 0 Å². The van der Waals surface area contributed by atoms with Crippen LogP contribution < -0.4 is 10.1 Å². The molecule has 2 aromatic carbocycles. The van der Waals surface area contributed by atoms with Gasteiger partial charge in [0.25, 0.3) is 5.91 Å². The summed E-state index contributed by atoms with van der Waals surface area (Å²) in [6.07, 6.45) is -5.49. The van der Waals surface area contributed by atoms with E-state index in [0.717, 1.165) is 28.8 Å². The second-order valence-corrected chi connectivity index (χ2v) is 6.55. The van der Waals surface area contributed by atoms with Crippen molar-refractivity contribution in [3.05, 3.63) is 57.6 Å². The SMILES string of the molecule is Cc1cc(C)c(C)c(OC(C)C(=O)Nc2ccc(Cl)c(C(F)(F)F)c2)c1. The fourth-order valence-electron chi connectivity index (χ4n) is 2.43. The van der Waals surface area contributed by atoms with Crippen molar-refractivity contribution >= 4 is 23.2 Å². The van der Waals surface area contributed by atoms with Gasteiger partial charge < -0.3 is 10.1 Å². The van der Waals surface area contributed by atoms with Crippen LogP contribution in [0.4, 0.5) is 18.9 Å². The molecular formula is C19H19ClF3NO2. The van der Waals surface area contributed by atoms with Crippen LogP contribution in [-0.4, -0.2) is 12.0 Å². The van der Waals surface area contributed by atoms with Crippen LogP contribution in [0.5, 0.6) is 5.75 Å². The number of nitrogens with one attached hydrogen (secondary N) is 1. The maximum atomic E-state index is 12.9. The molecule has 0 spiro atoms. The van der Waals surface area contributed by atoms with Crippen molar-refractivity contribution < 1.29 is 22.7 Å². The highest BCUT2D eigenvalue weighted by molar-refractivity contribution is 6.31. The topological polar surface area (TPSA) is 38.3 Å². The second-order valence-electron chi connectivity index (χ2n) is 6.15. The molecule has 0 radical (unpaired) electrons. The Hall–Kier alpha value is -2.21. The molecule has 1 amide bonds. The van der Waals surface area contributed by atoms with Crippen LogP contribution in [-0.2, 0) is 11.0 Å². The number of benzene rings is 2. The first-order valence-corrected chi connectivity index (χ1v) is 8.29. The average Bonchev–Trinajstić information content (AvgIpc) is 2.52. The number of aryl methyl sites for hydroxylation is 2. The van der Waals surface area contributed by atoms with E-state index in [1.165, 1.54) is 13.0 Å². The van der Waals surface area contributed by atoms with E-state index in [2.05, 4.69) is 5.32 Å². The Morgan fingerprint density at radius 1 is 1.15 bits per heavy atom. The van der Waals surface area contributed by atoms with E-state index in [1.807, 2.05) is 32.9 Å². The summed E-state index contributed by atoms with van der Waals surface area (Å²) in [4.78, 5) is 12.3. The lowest BCUT2D eigenvalue weighted by molar-refractivity contribution is -0.137. The highest BCUT2D eigenvalue weighted by atomic mass is 35.5. The van der Waals surface area contributed by atoms with Crippen molar-refractivity contribution in [2.45, 2.75) is 40.0 Å². The van der Waals surface area contributed by atoms with Gasteiger partial charge in [-0.2, -0.15) is 13.2 Å². The molecule has 0 saturated heterocycles. The summed E-state index contributed by atoms with van der Waals surface area (Å²) in [5.41, 5.74) is 1.92. The number of alkyl halides is 3. The van der Waals surface area contributed by atoms with Gasteiger partial charge in [-0.15, -0.1) is 0 Å². The van der Waals surface area contributed by atoms with Crippen molar-refractivity contribution in [1.82, 2.24) is 0 Å². The number of anilines is 1. The summed E-state index contributed by atoms with van der Waals surface area (Å²) >= 11 is 5.58. The third kappa shape index (κ3) is 4.69. The van der Waals surface area contributed by atoms with Gasteiger partial charge in [-0.3, -0.25) is 4.79 Å². The van der Waals surface area contributed by atoms with Crippen molar-refractivity contribution in [2.75, 3.05) is 5.32 Å². The van der Waals surface area contributed by atoms with Crippen LogP contribution in [0.3, 0.4) is 0 Å². The predicted molar refractivity (Wildman–Crippen MR) is 95.8 cm³/mol. The Labute approximate surface area is 155 Å². The Bertz CT molecular complexity index is 834. The molecule has 0 aliphatic carbocycles. The molecule has 7 heteroatoms. The molecule has 0 aliphatic rings. The third-order valence-electron chi connectivity index (χ3n) is 3.98. The molecule has 0 fully saturated rings. The van der Waals surface area contributed by atoms with Gasteiger partial charge in [0.1, 0.15) is 5.75 Å². The fourth-order valence-corrected chi connectivity index (χ4v) is 2.66. The number of rotatable bonds is 4. The molecule has 1 N–H and O–H groups in total. The highest BCUT2D eigenvalue weighted by Gasteiger charge is 2.33. The lowest BCUT2D eigenvalue weighted by Gasteiger charge is -2.18. The van der Waals surface area contributed by atoms with Crippen molar-refractivity contribution in [3.8, 4) is 5.75 Å². The Balaban J connectivity index is 2.15. The number of hydrogen-bond donors (Lipinski definition) is 1. The standard InChI is InChI=1S/C19H19ClF3NO2/c1-10-7-11(2)12(3)17(8-10)26-13(4)18(25)24-14-5-6-16(20)15(9-14)19(21,22)23/h5-9,13H,1-4H3,(H,24,25). The smallest absolute Gasteiger partial charge is 0.417 e. The summed E-state index contributed by atoms with van der Waals surface area (Å²) < 4.78 is 44.4. The predicted octanol–water partition coefficient (Wildman–Crippen LogP) is 5.69. The van der Waals surface area contributed by atoms with Gasteiger partial charge in [-0.1, -0.05) is 17.7 Å². The molecule has 0 aromatic heterocycles.